The van der Waals surface area contributed by atoms with Gasteiger partial charge in [0.2, 0.25) is 5.88 Å². The maximum absolute atomic E-state index is 12.8. The van der Waals surface area contributed by atoms with Gasteiger partial charge in [0.25, 0.3) is 5.91 Å². The Labute approximate surface area is 194 Å². The molecule has 172 valence electrons. The maximum Gasteiger partial charge on any atom is 0.255 e. The van der Waals surface area contributed by atoms with E-state index in [0.29, 0.717) is 35.3 Å². The highest BCUT2D eigenvalue weighted by Gasteiger charge is 2.12. The standard InChI is InChI=1S/C25H29N5O3/c1-17(33-15-14-30(2)3)28-20-10-7-18(8-11-20)24(31)29-23-16-19(9-12-22(23)26)21-6-5-13-27-25(21)32-4/h5-13,16,28H,1,14-15,26H2,2-4H3,(H,29,31). The molecule has 3 aromatic rings. The number of pyridine rings is 1. The maximum atomic E-state index is 12.8. The Morgan fingerprint density at radius 1 is 1.12 bits per heavy atom. The van der Waals surface area contributed by atoms with E-state index in [2.05, 4.69) is 22.2 Å². The molecule has 8 nitrogen and oxygen atoms in total. The zero-order valence-corrected chi connectivity index (χ0v) is 19.1. The molecule has 1 heterocycles. The smallest absolute Gasteiger partial charge is 0.255 e. The van der Waals surface area contributed by atoms with Crippen LogP contribution < -0.4 is 21.1 Å². The third-order valence-electron chi connectivity index (χ3n) is 4.82. The van der Waals surface area contributed by atoms with Crippen molar-refractivity contribution in [1.29, 1.82) is 0 Å². The molecular formula is C25H29N5O3. The lowest BCUT2D eigenvalue weighted by Gasteiger charge is -2.14. The molecule has 0 saturated carbocycles. The van der Waals surface area contributed by atoms with E-state index in [-0.39, 0.29) is 5.91 Å². The number of methoxy groups -OCH3 is 1. The third-order valence-corrected chi connectivity index (χ3v) is 4.82. The van der Waals surface area contributed by atoms with Crippen LogP contribution in [0.25, 0.3) is 11.1 Å². The summed E-state index contributed by atoms with van der Waals surface area (Å²) in [5, 5.41) is 5.95. The number of carbonyl (C=O) groups is 1. The van der Waals surface area contributed by atoms with Crippen LogP contribution in [0.4, 0.5) is 17.1 Å². The second kappa shape index (κ2) is 11.0. The van der Waals surface area contributed by atoms with Gasteiger partial charge in [0, 0.05) is 29.6 Å². The number of carbonyl (C=O) groups excluding carboxylic acids is 1. The number of ether oxygens (including phenoxy) is 2. The number of hydrogen-bond acceptors (Lipinski definition) is 7. The number of likely N-dealkylation sites (N-methyl/N-ethyl adjacent to an activating group) is 1. The number of nitrogen functional groups attached to an aromatic ring is 1. The predicted molar refractivity (Wildman–Crippen MR) is 132 cm³/mol. The summed E-state index contributed by atoms with van der Waals surface area (Å²) in [6.07, 6.45) is 1.66. The average Bonchev–Trinajstić information content (AvgIpc) is 2.80. The lowest BCUT2D eigenvalue weighted by Crippen LogP contribution is -2.18. The summed E-state index contributed by atoms with van der Waals surface area (Å²) in [6.45, 7) is 5.18. The number of nitrogens with one attached hydrogen (secondary N) is 2. The number of hydrogen-bond donors (Lipinski definition) is 3. The van der Waals surface area contributed by atoms with Crippen molar-refractivity contribution in [2.24, 2.45) is 0 Å². The Morgan fingerprint density at radius 3 is 2.58 bits per heavy atom. The number of benzene rings is 2. The zero-order valence-electron chi connectivity index (χ0n) is 19.1. The van der Waals surface area contributed by atoms with Crippen molar-refractivity contribution >= 4 is 23.0 Å². The summed E-state index contributed by atoms with van der Waals surface area (Å²) in [5.41, 5.74) is 9.96. The van der Waals surface area contributed by atoms with E-state index in [1.807, 2.05) is 37.2 Å². The highest BCUT2D eigenvalue weighted by Crippen LogP contribution is 2.32. The van der Waals surface area contributed by atoms with Crippen LogP contribution in [0.5, 0.6) is 5.88 Å². The van der Waals surface area contributed by atoms with E-state index >= 15 is 0 Å². The Hall–Kier alpha value is -4.04. The minimum Gasteiger partial charge on any atom is -0.481 e. The van der Waals surface area contributed by atoms with Crippen molar-refractivity contribution in [2.45, 2.75) is 0 Å². The molecule has 0 aliphatic heterocycles. The van der Waals surface area contributed by atoms with Crippen molar-refractivity contribution in [3.63, 3.8) is 0 Å². The van der Waals surface area contributed by atoms with Crippen molar-refractivity contribution in [1.82, 2.24) is 9.88 Å². The number of nitrogens with zero attached hydrogens (tertiary/aromatic N) is 2. The van der Waals surface area contributed by atoms with E-state index in [4.69, 9.17) is 15.2 Å². The summed E-state index contributed by atoms with van der Waals surface area (Å²) < 4.78 is 10.9. The molecule has 0 bridgehead atoms. The van der Waals surface area contributed by atoms with Crippen molar-refractivity contribution in [3.8, 4) is 17.0 Å². The van der Waals surface area contributed by atoms with Gasteiger partial charge in [-0.05, 0) is 74.8 Å². The van der Waals surface area contributed by atoms with Gasteiger partial charge in [-0.2, -0.15) is 0 Å². The summed E-state index contributed by atoms with van der Waals surface area (Å²) in [5.74, 6) is 0.670. The lowest BCUT2D eigenvalue weighted by atomic mass is 10.1. The number of amides is 1. The first kappa shape index (κ1) is 23.6. The molecule has 0 aliphatic rings. The Morgan fingerprint density at radius 2 is 1.88 bits per heavy atom. The molecule has 1 aromatic heterocycles. The molecule has 3 rings (SSSR count). The van der Waals surface area contributed by atoms with Crippen LogP contribution in [0.15, 0.2) is 73.3 Å². The summed E-state index contributed by atoms with van der Waals surface area (Å²) in [6, 6.07) is 16.1. The Kier molecular flexibility index (Phi) is 7.88. The van der Waals surface area contributed by atoms with Gasteiger partial charge in [0.15, 0.2) is 5.88 Å². The van der Waals surface area contributed by atoms with Gasteiger partial charge in [0.05, 0.1) is 18.5 Å². The van der Waals surface area contributed by atoms with Gasteiger partial charge in [-0.3, -0.25) is 4.79 Å². The van der Waals surface area contributed by atoms with Crippen molar-refractivity contribution in [2.75, 3.05) is 50.7 Å². The molecule has 0 radical (unpaired) electrons. The fraction of sp³-hybridized carbons (Fsp3) is 0.200. The van der Waals surface area contributed by atoms with Crippen LogP contribution in [-0.4, -0.2) is 50.1 Å². The molecule has 0 unspecified atom stereocenters. The third kappa shape index (κ3) is 6.47. The van der Waals surface area contributed by atoms with Crippen LogP contribution in [0.1, 0.15) is 10.4 Å². The largest absolute Gasteiger partial charge is 0.481 e. The highest BCUT2D eigenvalue weighted by atomic mass is 16.5. The minimum atomic E-state index is -0.274. The van der Waals surface area contributed by atoms with E-state index in [9.17, 15) is 4.79 Å². The van der Waals surface area contributed by atoms with Gasteiger partial charge >= 0.3 is 0 Å². The molecule has 4 N–H and O–H groups in total. The molecule has 0 aliphatic carbocycles. The normalized spacial score (nSPS) is 10.5. The second-order valence-corrected chi connectivity index (χ2v) is 7.59. The highest BCUT2D eigenvalue weighted by molar-refractivity contribution is 6.06. The van der Waals surface area contributed by atoms with Crippen LogP contribution in [-0.2, 0) is 4.74 Å². The van der Waals surface area contributed by atoms with Crippen molar-refractivity contribution in [3.05, 3.63) is 78.8 Å². The molecule has 0 atom stereocenters. The van der Waals surface area contributed by atoms with Gasteiger partial charge in [-0.25, -0.2) is 4.98 Å². The first-order valence-electron chi connectivity index (χ1n) is 10.4. The van der Waals surface area contributed by atoms with Gasteiger partial charge in [-0.15, -0.1) is 0 Å². The predicted octanol–water partition coefficient (Wildman–Crippen LogP) is 4.05. The molecule has 2 aromatic carbocycles. The van der Waals surface area contributed by atoms with E-state index in [1.165, 1.54) is 0 Å². The summed E-state index contributed by atoms with van der Waals surface area (Å²) in [4.78, 5) is 19.1. The molecule has 1 amide bonds. The molecule has 0 spiro atoms. The molecule has 33 heavy (non-hydrogen) atoms. The fourth-order valence-electron chi connectivity index (χ4n) is 3.05. The quantitative estimate of drug-likeness (QED) is 0.318. The van der Waals surface area contributed by atoms with Crippen LogP contribution in [0.3, 0.4) is 0 Å². The van der Waals surface area contributed by atoms with E-state index < -0.39 is 0 Å². The second-order valence-electron chi connectivity index (χ2n) is 7.59. The first-order chi connectivity index (χ1) is 15.9. The SMILES string of the molecule is C=C(Nc1ccc(C(=O)Nc2cc(-c3cccnc3OC)ccc2N)cc1)OCCN(C)C. The molecule has 0 saturated heterocycles. The molecule has 8 heteroatoms. The van der Waals surface area contributed by atoms with Crippen molar-refractivity contribution < 1.29 is 14.3 Å². The van der Waals surface area contributed by atoms with Crippen LogP contribution in [0, 0.1) is 0 Å². The number of aromatic nitrogens is 1. The number of nitrogens with two attached hydrogens (primary N) is 1. The summed E-state index contributed by atoms with van der Waals surface area (Å²) in [7, 11) is 5.52. The van der Waals surface area contributed by atoms with E-state index in [0.717, 1.165) is 23.4 Å². The number of anilines is 3. The Balaban J connectivity index is 1.67. The minimum absolute atomic E-state index is 0.274. The monoisotopic (exact) mass is 447 g/mol. The zero-order chi connectivity index (χ0) is 23.8. The van der Waals surface area contributed by atoms with Gasteiger partial charge < -0.3 is 30.7 Å². The lowest BCUT2D eigenvalue weighted by molar-refractivity contribution is 0.102. The fourth-order valence-corrected chi connectivity index (χ4v) is 3.05. The van der Waals surface area contributed by atoms with Gasteiger partial charge in [-0.1, -0.05) is 6.07 Å². The summed E-state index contributed by atoms with van der Waals surface area (Å²) >= 11 is 0. The van der Waals surface area contributed by atoms with Gasteiger partial charge in [0.1, 0.15) is 6.61 Å². The topological polar surface area (TPSA) is 102 Å². The molecule has 0 fully saturated rings. The van der Waals surface area contributed by atoms with Crippen LogP contribution >= 0.6 is 0 Å². The molecular weight excluding hydrogens is 418 g/mol. The Bertz CT molecular complexity index is 1110. The first-order valence-corrected chi connectivity index (χ1v) is 10.4. The number of rotatable bonds is 10. The van der Waals surface area contributed by atoms with Crippen LogP contribution in [0.2, 0.25) is 0 Å². The van der Waals surface area contributed by atoms with E-state index in [1.54, 1.807) is 49.7 Å². The average molecular weight is 448 g/mol.